The maximum Gasteiger partial charge on any atom is 0.254 e. The molecule has 0 saturated carbocycles. The van der Waals surface area contributed by atoms with Gasteiger partial charge >= 0.3 is 0 Å². The normalized spacial score (nSPS) is 18.8. The van der Waals surface area contributed by atoms with Crippen LogP contribution in [-0.2, 0) is 4.74 Å². The van der Waals surface area contributed by atoms with Gasteiger partial charge in [0.2, 0.25) is 0 Å². The number of rotatable bonds is 2. The van der Waals surface area contributed by atoms with Crippen LogP contribution in [0.5, 0.6) is 0 Å². The van der Waals surface area contributed by atoms with Gasteiger partial charge in [0.15, 0.2) is 0 Å². The zero-order valence-electron chi connectivity index (χ0n) is 11.2. The Labute approximate surface area is 118 Å². The molecule has 1 aliphatic heterocycles. The molecule has 2 aromatic carbocycles. The van der Waals surface area contributed by atoms with Crippen molar-refractivity contribution in [3.8, 4) is 0 Å². The lowest BCUT2D eigenvalue weighted by Crippen LogP contribution is -2.42. The van der Waals surface area contributed by atoms with E-state index in [4.69, 9.17) is 4.74 Å². The van der Waals surface area contributed by atoms with Gasteiger partial charge in [-0.25, -0.2) is 0 Å². The van der Waals surface area contributed by atoms with Gasteiger partial charge in [-0.3, -0.25) is 4.79 Å². The minimum atomic E-state index is -0.0300. The van der Waals surface area contributed by atoms with Gasteiger partial charge in [-0.1, -0.05) is 48.5 Å². The Morgan fingerprint density at radius 3 is 2.35 bits per heavy atom. The first-order valence-corrected chi connectivity index (χ1v) is 6.85. The molecule has 0 bridgehead atoms. The Bertz CT molecular complexity index is 568. The second-order valence-electron chi connectivity index (χ2n) is 4.89. The third-order valence-corrected chi connectivity index (χ3v) is 3.55. The van der Waals surface area contributed by atoms with Crippen LogP contribution in [-0.4, -0.2) is 30.5 Å². The number of ether oxygens (including phenoxy) is 1. The predicted molar refractivity (Wildman–Crippen MR) is 77.5 cm³/mol. The van der Waals surface area contributed by atoms with Gasteiger partial charge in [0.1, 0.15) is 6.10 Å². The summed E-state index contributed by atoms with van der Waals surface area (Å²) in [5, 5.41) is 0. The molecule has 0 spiro atoms. The van der Waals surface area contributed by atoms with Gasteiger partial charge in [-0.15, -0.1) is 0 Å². The molecule has 0 aliphatic carbocycles. The van der Waals surface area contributed by atoms with E-state index in [1.54, 1.807) is 0 Å². The van der Waals surface area contributed by atoms with Crippen molar-refractivity contribution in [1.82, 2.24) is 4.90 Å². The number of carbonyl (C=O) groups excluding carboxylic acids is 1. The van der Waals surface area contributed by atoms with Gasteiger partial charge in [0.25, 0.3) is 5.91 Å². The molecule has 1 amide bonds. The van der Waals surface area contributed by atoms with Crippen molar-refractivity contribution >= 4 is 5.91 Å². The monoisotopic (exact) mass is 267 g/mol. The summed E-state index contributed by atoms with van der Waals surface area (Å²) in [5.41, 5.74) is 1.86. The summed E-state index contributed by atoms with van der Waals surface area (Å²) in [6.45, 7) is 1.84. The van der Waals surface area contributed by atoms with Crippen LogP contribution in [0, 0.1) is 0 Å². The van der Waals surface area contributed by atoms with Crippen LogP contribution < -0.4 is 0 Å². The first-order chi connectivity index (χ1) is 9.84. The van der Waals surface area contributed by atoms with Crippen LogP contribution in [0.1, 0.15) is 22.0 Å². The summed E-state index contributed by atoms with van der Waals surface area (Å²) in [7, 11) is 0. The highest BCUT2D eigenvalue weighted by atomic mass is 16.5. The largest absolute Gasteiger partial charge is 0.370 e. The summed E-state index contributed by atoms with van der Waals surface area (Å²) in [6.07, 6.45) is -0.0300. The average Bonchev–Trinajstić information content (AvgIpc) is 2.56. The van der Waals surface area contributed by atoms with E-state index in [0.29, 0.717) is 19.7 Å². The fraction of sp³-hybridized carbons (Fsp3) is 0.235. The first kappa shape index (κ1) is 12.9. The van der Waals surface area contributed by atoms with E-state index >= 15 is 0 Å². The molecule has 0 radical (unpaired) electrons. The maximum absolute atomic E-state index is 12.4. The highest BCUT2D eigenvalue weighted by molar-refractivity contribution is 5.94. The van der Waals surface area contributed by atoms with Gasteiger partial charge in [0, 0.05) is 12.1 Å². The lowest BCUT2D eigenvalue weighted by molar-refractivity contribution is -0.0228. The molecular weight excluding hydrogens is 250 g/mol. The molecule has 1 atom stereocenters. The van der Waals surface area contributed by atoms with Gasteiger partial charge in [-0.05, 0) is 17.7 Å². The van der Waals surface area contributed by atoms with Crippen molar-refractivity contribution in [3.63, 3.8) is 0 Å². The summed E-state index contributed by atoms with van der Waals surface area (Å²) in [5.74, 6) is 0.0785. The molecule has 1 heterocycles. The third-order valence-electron chi connectivity index (χ3n) is 3.55. The first-order valence-electron chi connectivity index (χ1n) is 6.85. The molecule has 20 heavy (non-hydrogen) atoms. The van der Waals surface area contributed by atoms with Gasteiger partial charge < -0.3 is 9.64 Å². The smallest absolute Gasteiger partial charge is 0.254 e. The van der Waals surface area contributed by atoms with E-state index in [0.717, 1.165) is 11.1 Å². The highest BCUT2D eigenvalue weighted by Gasteiger charge is 2.25. The minimum Gasteiger partial charge on any atom is -0.370 e. The second kappa shape index (κ2) is 5.88. The lowest BCUT2D eigenvalue weighted by Gasteiger charge is -2.33. The van der Waals surface area contributed by atoms with E-state index in [9.17, 15) is 4.79 Å². The molecule has 0 aromatic heterocycles. The molecule has 3 heteroatoms. The van der Waals surface area contributed by atoms with E-state index in [1.807, 2.05) is 65.6 Å². The molecule has 3 rings (SSSR count). The number of morpholine rings is 1. The third kappa shape index (κ3) is 2.73. The quantitative estimate of drug-likeness (QED) is 0.837. The Morgan fingerprint density at radius 2 is 1.65 bits per heavy atom. The van der Waals surface area contributed by atoms with Crippen LogP contribution in [0.4, 0.5) is 0 Å². The minimum absolute atomic E-state index is 0.0300. The van der Waals surface area contributed by atoms with Crippen LogP contribution in [0.3, 0.4) is 0 Å². The van der Waals surface area contributed by atoms with Crippen LogP contribution in [0.15, 0.2) is 60.7 Å². The van der Waals surface area contributed by atoms with Crippen LogP contribution in [0.25, 0.3) is 0 Å². The van der Waals surface area contributed by atoms with Crippen molar-refractivity contribution in [2.24, 2.45) is 0 Å². The number of benzene rings is 2. The molecule has 2 aromatic rings. The lowest BCUT2D eigenvalue weighted by atomic mass is 10.1. The molecule has 1 saturated heterocycles. The Kier molecular flexibility index (Phi) is 3.79. The molecule has 102 valence electrons. The van der Waals surface area contributed by atoms with Crippen molar-refractivity contribution in [3.05, 3.63) is 71.8 Å². The topological polar surface area (TPSA) is 29.5 Å². The number of amides is 1. The summed E-state index contributed by atoms with van der Waals surface area (Å²) >= 11 is 0. The number of carbonyl (C=O) groups is 1. The van der Waals surface area contributed by atoms with E-state index in [1.165, 1.54) is 0 Å². The van der Waals surface area contributed by atoms with Crippen molar-refractivity contribution in [2.75, 3.05) is 19.7 Å². The summed E-state index contributed by atoms with van der Waals surface area (Å²) < 4.78 is 5.79. The number of hydrogen-bond acceptors (Lipinski definition) is 2. The Morgan fingerprint density at radius 1 is 1.00 bits per heavy atom. The SMILES string of the molecule is O=C(c1ccccc1)N1CCO[C@H](c2ccccc2)C1. The summed E-state index contributed by atoms with van der Waals surface area (Å²) in [6, 6.07) is 19.5. The van der Waals surface area contributed by atoms with Gasteiger partial charge in [-0.2, -0.15) is 0 Å². The van der Waals surface area contributed by atoms with Crippen LogP contribution in [0.2, 0.25) is 0 Å². The fourth-order valence-corrected chi connectivity index (χ4v) is 2.47. The number of hydrogen-bond donors (Lipinski definition) is 0. The predicted octanol–water partition coefficient (Wildman–Crippen LogP) is 2.90. The molecular formula is C17H17NO2. The molecule has 1 fully saturated rings. The zero-order chi connectivity index (χ0) is 13.8. The van der Waals surface area contributed by atoms with Gasteiger partial charge in [0.05, 0.1) is 13.2 Å². The highest BCUT2D eigenvalue weighted by Crippen LogP contribution is 2.22. The Hall–Kier alpha value is -2.13. The summed E-state index contributed by atoms with van der Waals surface area (Å²) in [4.78, 5) is 14.3. The molecule has 1 aliphatic rings. The van der Waals surface area contributed by atoms with E-state index < -0.39 is 0 Å². The van der Waals surface area contributed by atoms with E-state index in [2.05, 4.69) is 0 Å². The second-order valence-corrected chi connectivity index (χ2v) is 4.89. The molecule has 0 unspecified atom stereocenters. The molecule has 0 N–H and O–H groups in total. The van der Waals surface area contributed by atoms with Crippen molar-refractivity contribution in [1.29, 1.82) is 0 Å². The maximum atomic E-state index is 12.4. The Balaban J connectivity index is 1.74. The standard InChI is InChI=1S/C17H17NO2/c19-17(15-9-5-2-6-10-15)18-11-12-20-16(13-18)14-7-3-1-4-8-14/h1-10,16H,11-13H2/t16-/m0/s1. The average molecular weight is 267 g/mol. The van der Waals surface area contributed by atoms with E-state index in [-0.39, 0.29) is 12.0 Å². The molecule has 3 nitrogen and oxygen atoms in total. The fourth-order valence-electron chi connectivity index (χ4n) is 2.47. The van der Waals surface area contributed by atoms with Crippen molar-refractivity contribution in [2.45, 2.75) is 6.10 Å². The van der Waals surface area contributed by atoms with Crippen molar-refractivity contribution < 1.29 is 9.53 Å². The van der Waals surface area contributed by atoms with Crippen LogP contribution >= 0.6 is 0 Å². The zero-order valence-corrected chi connectivity index (χ0v) is 11.2. The number of nitrogens with zero attached hydrogens (tertiary/aromatic N) is 1.